The molecule has 23 heavy (non-hydrogen) atoms. The van der Waals surface area contributed by atoms with E-state index in [1.807, 2.05) is 0 Å². The van der Waals surface area contributed by atoms with E-state index in [9.17, 15) is 39.6 Å². The Morgan fingerprint density at radius 1 is 0.522 bits per heavy atom. The molecule has 0 aliphatic heterocycles. The Morgan fingerprint density at radius 2 is 0.696 bits per heavy atom. The van der Waals surface area contributed by atoms with Crippen molar-refractivity contribution in [2.24, 2.45) is 0 Å². The van der Waals surface area contributed by atoms with Crippen molar-refractivity contribution < 1.29 is 56.0 Å². The highest BCUT2D eigenvalue weighted by Gasteiger charge is 2.10. The maximum atomic E-state index is 10.4. The van der Waals surface area contributed by atoms with Gasteiger partial charge in [0.2, 0.25) is 0 Å². The summed E-state index contributed by atoms with van der Waals surface area (Å²) in [6, 6.07) is 0. The number of nitrogens with zero attached hydrogens (tertiary/aromatic N) is 2. The Kier molecular flexibility index (Phi) is 18.3. The van der Waals surface area contributed by atoms with Gasteiger partial charge in [-0.3, -0.25) is 9.80 Å². The smallest absolute Gasteiger partial charge is 0.0555 e. The first-order valence-corrected chi connectivity index (χ1v) is 5.44. The van der Waals surface area contributed by atoms with Gasteiger partial charge in [-0.25, -0.2) is 0 Å². The third kappa shape index (κ3) is 17.6. The standard InChI is InChI=1S/C10H16N2O8.3H2O/c13-7(14)3-11(4-8(15)16)1-2-12(5-9(17)18)6-10(19)20;;;/h1-6H2,(H,13,14)(H,15,16)(H,17,18)(H,19,20);3*1H2/p-4. The Bertz CT molecular complexity index is 319. The second kappa shape index (κ2) is 14.6. The van der Waals surface area contributed by atoms with E-state index in [1.54, 1.807) is 0 Å². The molecular weight excluding hydrogens is 324 g/mol. The SMILES string of the molecule is O.O.O.O=C([O-])CN(CCN(CC(=O)[O-])CC(=O)[O-])CC(=O)[O-]. The number of carboxylic acid groups (broad SMARTS) is 4. The number of carbonyl (C=O) groups excluding carboxylic acids is 4. The van der Waals surface area contributed by atoms with Crippen LogP contribution in [0.3, 0.4) is 0 Å². The Hall–Kier alpha value is -2.32. The first-order chi connectivity index (χ1) is 9.20. The normalized spacial score (nSPS) is 9.30. The fourth-order valence-electron chi connectivity index (χ4n) is 1.44. The van der Waals surface area contributed by atoms with Crippen LogP contribution in [0.25, 0.3) is 0 Å². The molecule has 0 rings (SSSR count). The number of aliphatic carboxylic acids is 4. The summed E-state index contributed by atoms with van der Waals surface area (Å²) < 4.78 is 0. The molecule has 0 saturated heterocycles. The Balaban J connectivity index is -0.000000602. The molecule has 13 heteroatoms. The molecule has 0 unspecified atom stereocenters. The zero-order chi connectivity index (χ0) is 15.7. The summed E-state index contributed by atoms with van der Waals surface area (Å²) in [7, 11) is 0. The second-order valence-electron chi connectivity index (χ2n) is 3.91. The second-order valence-corrected chi connectivity index (χ2v) is 3.91. The molecule has 0 spiro atoms. The monoisotopic (exact) mass is 342 g/mol. The van der Waals surface area contributed by atoms with Gasteiger partial charge in [-0.05, 0) is 0 Å². The van der Waals surface area contributed by atoms with E-state index in [0.717, 1.165) is 9.80 Å². The zero-order valence-electron chi connectivity index (χ0n) is 11.9. The molecule has 13 nitrogen and oxygen atoms in total. The first kappa shape index (κ1) is 28.8. The lowest BCUT2D eigenvalue weighted by Gasteiger charge is -2.28. The van der Waals surface area contributed by atoms with Crippen molar-refractivity contribution in [2.45, 2.75) is 0 Å². The molecule has 0 saturated carbocycles. The van der Waals surface area contributed by atoms with Gasteiger partial charge in [0, 0.05) is 39.3 Å². The summed E-state index contributed by atoms with van der Waals surface area (Å²) in [4.78, 5) is 43.4. The highest BCUT2D eigenvalue weighted by Crippen LogP contribution is 1.92. The molecule has 0 aromatic carbocycles. The minimum absolute atomic E-state index is 0. The fourth-order valence-corrected chi connectivity index (χ4v) is 1.44. The van der Waals surface area contributed by atoms with Gasteiger partial charge in [0.1, 0.15) is 0 Å². The lowest BCUT2D eigenvalue weighted by atomic mass is 10.4. The van der Waals surface area contributed by atoms with Crippen molar-refractivity contribution in [3.8, 4) is 0 Å². The summed E-state index contributed by atoms with van der Waals surface area (Å²) in [6.45, 7) is -3.25. The maximum Gasteiger partial charge on any atom is 0.0555 e. The van der Waals surface area contributed by atoms with Crippen LogP contribution in [-0.4, -0.2) is 89.4 Å². The van der Waals surface area contributed by atoms with Crippen LogP contribution >= 0.6 is 0 Å². The highest BCUT2D eigenvalue weighted by atomic mass is 16.4. The van der Waals surface area contributed by atoms with Gasteiger partial charge in [0.25, 0.3) is 0 Å². The van der Waals surface area contributed by atoms with Crippen molar-refractivity contribution in [1.29, 1.82) is 0 Å². The van der Waals surface area contributed by atoms with E-state index < -0.39 is 50.1 Å². The Labute approximate surface area is 130 Å². The third-order valence-electron chi connectivity index (χ3n) is 2.14. The van der Waals surface area contributed by atoms with E-state index in [1.165, 1.54) is 0 Å². The van der Waals surface area contributed by atoms with Crippen molar-refractivity contribution in [1.82, 2.24) is 9.80 Å². The number of carboxylic acids is 4. The molecule has 0 aliphatic carbocycles. The average Bonchev–Trinajstić information content (AvgIpc) is 2.22. The van der Waals surface area contributed by atoms with Gasteiger partial charge < -0.3 is 56.0 Å². The Morgan fingerprint density at radius 3 is 0.826 bits per heavy atom. The van der Waals surface area contributed by atoms with E-state index in [-0.39, 0.29) is 29.5 Å². The van der Waals surface area contributed by atoms with Crippen molar-refractivity contribution >= 4 is 23.9 Å². The van der Waals surface area contributed by atoms with Crippen LogP contribution in [0.5, 0.6) is 0 Å². The van der Waals surface area contributed by atoms with Gasteiger partial charge in [-0.15, -0.1) is 0 Å². The van der Waals surface area contributed by atoms with Gasteiger partial charge in [0.15, 0.2) is 0 Å². The summed E-state index contributed by atoms with van der Waals surface area (Å²) in [5.41, 5.74) is 0. The van der Waals surface area contributed by atoms with Crippen LogP contribution in [0.15, 0.2) is 0 Å². The molecule has 0 bridgehead atoms. The summed E-state index contributed by atoms with van der Waals surface area (Å²) in [5.74, 6) is -6.12. The zero-order valence-corrected chi connectivity index (χ0v) is 11.9. The van der Waals surface area contributed by atoms with E-state index in [2.05, 4.69) is 0 Å². The molecule has 0 aromatic rings. The molecule has 0 aromatic heterocycles. The number of carbonyl (C=O) groups is 4. The largest absolute Gasteiger partial charge is 0.549 e. The van der Waals surface area contributed by atoms with Crippen LogP contribution in [-0.2, 0) is 19.2 Å². The number of hydrogen-bond acceptors (Lipinski definition) is 10. The van der Waals surface area contributed by atoms with Crippen LogP contribution < -0.4 is 20.4 Å². The molecule has 0 heterocycles. The van der Waals surface area contributed by atoms with Crippen molar-refractivity contribution in [2.75, 3.05) is 39.3 Å². The average molecular weight is 342 g/mol. The van der Waals surface area contributed by atoms with E-state index in [0.29, 0.717) is 0 Å². The lowest BCUT2D eigenvalue weighted by Crippen LogP contribution is -2.50. The first-order valence-electron chi connectivity index (χ1n) is 5.44. The van der Waals surface area contributed by atoms with Gasteiger partial charge >= 0.3 is 0 Å². The van der Waals surface area contributed by atoms with Crippen LogP contribution in [0.2, 0.25) is 0 Å². The quantitative estimate of drug-likeness (QED) is 0.342. The summed E-state index contributed by atoms with van der Waals surface area (Å²) >= 11 is 0. The van der Waals surface area contributed by atoms with Crippen LogP contribution in [0.4, 0.5) is 0 Å². The van der Waals surface area contributed by atoms with Crippen molar-refractivity contribution in [3.05, 3.63) is 0 Å². The molecule has 6 N–H and O–H groups in total. The molecule has 0 atom stereocenters. The summed E-state index contributed by atoms with van der Waals surface area (Å²) in [5, 5.41) is 41.6. The predicted octanol–water partition coefficient (Wildman–Crippen LogP) is -9.88. The highest BCUT2D eigenvalue weighted by molar-refractivity contribution is 5.71. The third-order valence-corrected chi connectivity index (χ3v) is 2.14. The van der Waals surface area contributed by atoms with Gasteiger partial charge in [-0.1, -0.05) is 0 Å². The molecule has 0 amide bonds. The molecule has 138 valence electrons. The molecule has 0 fully saturated rings. The number of rotatable bonds is 11. The summed E-state index contributed by atoms with van der Waals surface area (Å²) in [6.07, 6.45) is 0. The molecular formula is C10H18N2O11-4. The van der Waals surface area contributed by atoms with Crippen LogP contribution in [0.1, 0.15) is 0 Å². The fraction of sp³-hybridized carbons (Fsp3) is 0.600. The van der Waals surface area contributed by atoms with E-state index >= 15 is 0 Å². The minimum Gasteiger partial charge on any atom is -0.549 e. The van der Waals surface area contributed by atoms with E-state index in [4.69, 9.17) is 0 Å². The topological polar surface area (TPSA) is 262 Å². The lowest BCUT2D eigenvalue weighted by molar-refractivity contribution is -0.314. The maximum absolute atomic E-state index is 10.4. The van der Waals surface area contributed by atoms with Gasteiger partial charge in [0.05, 0.1) is 23.9 Å². The van der Waals surface area contributed by atoms with Crippen LogP contribution in [0, 0.1) is 0 Å². The molecule has 0 aliphatic rings. The number of hydrogen-bond donors (Lipinski definition) is 0. The molecule has 0 radical (unpaired) electrons. The predicted molar refractivity (Wildman–Crippen MR) is 63.7 cm³/mol. The minimum atomic E-state index is -1.53. The van der Waals surface area contributed by atoms with Crippen molar-refractivity contribution in [3.63, 3.8) is 0 Å². The van der Waals surface area contributed by atoms with Gasteiger partial charge in [-0.2, -0.15) is 0 Å².